The molecular weight excluding hydrogens is 392 g/mol. The Balaban J connectivity index is 1.89. The molecule has 2 heterocycles. The number of hydrogen-bond donors (Lipinski definition) is 1. The van der Waals surface area contributed by atoms with Crippen LogP contribution >= 0.6 is 11.3 Å². The van der Waals surface area contributed by atoms with Gasteiger partial charge in [0.05, 0.1) is 11.4 Å². The van der Waals surface area contributed by atoms with Crippen molar-refractivity contribution in [1.29, 1.82) is 0 Å². The predicted octanol–water partition coefficient (Wildman–Crippen LogP) is 6.47. The van der Waals surface area contributed by atoms with E-state index in [0.717, 1.165) is 53.2 Å². The van der Waals surface area contributed by atoms with Crippen molar-refractivity contribution < 1.29 is 9.59 Å². The van der Waals surface area contributed by atoms with Gasteiger partial charge in [0.15, 0.2) is 5.78 Å². The molecule has 1 amide bonds. The van der Waals surface area contributed by atoms with Crippen molar-refractivity contribution in [3.63, 3.8) is 0 Å². The average molecular weight is 423 g/mol. The van der Waals surface area contributed by atoms with Gasteiger partial charge in [-0.05, 0) is 41.8 Å². The number of hydrogen-bond acceptors (Lipinski definition) is 4. The molecule has 0 saturated heterocycles. The molecule has 4 rings (SSSR count). The highest BCUT2D eigenvalue weighted by Gasteiger charge is 2.43. The molecular formula is C25H30N2O2S. The van der Waals surface area contributed by atoms with Gasteiger partial charge in [-0.3, -0.25) is 14.5 Å². The molecule has 0 bridgehead atoms. The molecule has 2 aromatic rings. The maximum atomic E-state index is 13.6. The maximum absolute atomic E-state index is 13.6. The van der Waals surface area contributed by atoms with Crippen molar-refractivity contribution >= 4 is 34.4 Å². The minimum absolute atomic E-state index is 0.0856. The second kappa shape index (κ2) is 8.38. The zero-order valence-electron chi connectivity index (χ0n) is 18.0. The quantitative estimate of drug-likeness (QED) is 0.562. The fraction of sp³-hybridized carbons (Fsp3) is 0.440. The number of anilines is 2. The second-order valence-corrected chi connectivity index (χ2v) is 10.1. The third-order valence-corrected chi connectivity index (χ3v) is 6.90. The van der Waals surface area contributed by atoms with Crippen LogP contribution in [0.25, 0.3) is 0 Å². The third-order valence-electron chi connectivity index (χ3n) is 5.98. The zero-order chi connectivity index (χ0) is 21.3. The summed E-state index contributed by atoms with van der Waals surface area (Å²) in [6.07, 6.45) is 4.76. The molecule has 1 aliphatic carbocycles. The molecule has 1 aromatic heterocycles. The summed E-state index contributed by atoms with van der Waals surface area (Å²) < 4.78 is 0. The molecule has 0 spiro atoms. The fourth-order valence-corrected chi connectivity index (χ4v) is 5.45. The van der Waals surface area contributed by atoms with E-state index in [-0.39, 0.29) is 23.1 Å². The van der Waals surface area contributed by atoms with E-state index in [2.05, 4.69) is 26.1 Å². The number of ketones is 1. The number of carbonyl (C=O) groups excluding carboxylic acids is 2. The number of rotatable bonds is 5. The number of allylic oxidation sites excluding steroid dienone is 1. The summed E-state index contributed by atoms with van der Waals surface area (Å²) in [6, 6.07) is 11.6. The first-order valence-electron chi connectivity index (χ1n) is 10.9. The van der Waals surface area contributed by atoms with Crippen molar-refractivity contribution in [3.05, 3.63) is 57.9 Å². The SMILES string of the molecule is CCCCCC(=O)N1c2ccccc2NC2=C(C(=O)CC(C)(C)C2)C1c1cccs1. The lowest BCUT2D eigenvalue weighted by Gasteiger charge is -2.36. The minimum Gasteiger partial charge on any atom is -0.357 e. The summed E-state index contributed by atoms with van der Waals surface area (Å²) >= 11 is 1.61. The van der Waals surface area contributed by atoms with Crippen LogP contribution in [-0.4, -0.2) is 11.7 Å². The highest BCUT2D eigenvalue weighted by Crippen LogP contribution is 2.49. The summed E-state index contributed by atoms with van der Waals surface area (Å²) in [5.41, 5.74) is 3.39. The van der Waals surface area contributed by atoms with E-state index in [9.17, 15) is 9.59 Å². The molecule has 4 nitrogen and oxygen atoms in total. The van der Waals surface area contributed by atoms with Crippen molar-refractivity contribution in [2.75, 3.05) is 10.2 Å². The van der Waals surface area contributed by atoms with Gasteiger partial charge in [0.2, 0.25) is 5.91 Å². The van der Waals surface area contributed by atoms with Gasteiger partial charge in [0.1, 0.15) is 6.04 Å². The Morgan fingerprint density at radius 1 is 1.17 bits per heavy atom. The third kappa shape index (κ3) is 3.95. The molecule has 1 unspecified atom stereocenters. The summed E-state index contributed by atoms with van der Waals surface area (Å²) in [5.74, 6) is 0.230. The van der Waals surface area contributed by atoms with Crippen LogP contribution in [0.5, 0.6) is 0 Å². The predicted molar refractivity (Wildman–Crippen MR) is 124 cm³/mol. The monoisotopic (exact) mass is 422 g/mol. The molecule has 158 valence electrons. The number of Topliss-reactive ketones (excluding diaryl/α,β-unsaturated/α-hetero) is 1. The van der Waals surface area contributed by atoms with E-state index in [0.29, 0.717) is 12.8 Å². The molecule has 0 radical (unpaired) electrons. The van der Waals surface area contributed by atoms with Crippen molar-refractivity contribution in [1.82, 2.24) is 0 Å². The lowest BCUT2D eigenvalue weighted by atomic mass is 9.74. The number of benzene rings is 1. The fourth-order valence-electron chi connectivity index (χ4n) is 4.63. The molecule has 1 N–H and O–H groups in total. The summed E-state index contributed by atoms with van der Waals surface area (Å²) in [5, 5.41) is 5.59. The zero-order valence-corrected chi connectivity index (χ0v) is 18.8. The first-order valence-corrected chi connectivity index (χ1v) is 11.8. The van der Waals surface area contributed by atoms with Crippen LogP contribution in [-0.2, 0) is 9.59 Å². The lowest BCUT2D eigenvalue weighted by Crippen LogP contribution is -2.39. The topological polar surface area (TPSA) is 49.4 Å². The van der Waals surface area contributed by atoms with Gasteiger partial charge in [-0.25, -0.2) is 0 Å². The number of nitrogens with zero attached hydrogens (tertiary/aromatic N) is 1. The molecule has 5 heteroatoms. The van der Waals surface area contributed by atoms with E-state index in [4.69, 9.17) is 0 Å². The Labute approximate surface area is 183 Å². The normalized spacial score (nSPS) is 20.3. The smallest absolute Gasteiger partial charge is 0.227 e. The van der Waals surface area contributed by atoms with Gasteiger partial charge < -0.3 is 5.32 Å². The molecule has 2 aliphatic rings. The maximum Gasteiger partial charge on any atom is 0.227 e. The van der Waals surface area contributed by atoms with Crippen molar-refractivity contribution in [2.24, 2.45) is 5.41 Å². The van der Waals surface area contributed by atoms with Gasteiger partial charge in [-0.15, -0.1) is 11.3 Å². The number of fused-ring (bicyclic) bond motifs is 1. The highest BCUT2D eigenvalue weighted by atomic mass is 32.1. The van der Waals surface area contributed by atoms with Crippen molar-refractivity contribution in [2.45, 2.75) is 65.3 Å². The molecule has 30 heavy (non-hydrogen) atoms. The van der Waals surface area contributed by atoms with E-state index in [1.807, 2.05) is 46.7 Å². The van der Waals surface area contributed by atoms with Crippen LogP contribution in [0.15, 0.2) is 53.0 Å². The standard InChI is InChI=1S/C25H30N2O2S/c1-4-5-6-13-22(29)27-19-11-8-7-10-17(19)26-18-15-25(2,3)16-20(28)23(18)24(27)21-12-9-14-30-21/h7-12,14,24,26H,4-6,13,15-16H2,1-3H3. The van der Waals surface area contributed by atoms with Gasteiger partial charge in [0, 0.05) is 29.0 Å². The number of amides is 1. The Hall–Kier alpha value is -2.40. The number of para-hydroxylation sites is 2. The van der Waals surface area contributed by atoms with E-state index < -0.39 is 0 Å². The van der Waals surface area contributed by atoms with Gasteiger partial charge in [0.25, 0.3) is 0 Å². The van der Waals surface area contributed by atoms with E-state index in [1.54, 1.807) is 11.3 Å². The minimum atomic E-state index is -0.367. The van der Waals surface area contributed by atoms with E-state index >= 15 is 0 Å². The Kier molecular flexibility index (Phi) is 5.83. The van der Waals surface area contributed by atoms with Crippen LogP contribution in [0.2, 0.25) is 0 Å². The van der Waals surface area contributed by atoms with Gasteiger partial charge in [-0.2, -0.15) is 0 Å². The summed E-state index contributed by atoms with van der Waals surface area (Å²) in [6.45, 7) is 6.42. The Morgan fingerprint density at radius 3 is 2.70 bits per heavy atom. The number of carbonyl (C=O) groups is 2. The summed E-state index contributed by atoms with van der Waals surface area (Å²) in [4.78, 5) is 30.0. The van der Waals surface area contributed by atoms with Crippen LogP contribution in [0, 0.1) is 5.41 Å². The number of unbranched alkanes of at least 4 members (excludes halogenated alkanes) is 2. The number of thiophene rings is 1. The first kappa shape index (κ1) is 20.9. The Bertz CT molecular complexity index is 975. The molecule has 1 atom stereocenters. The molecule has 0 saturated carbocycles. The van der Waals surface area contributed by atoms with Crippen LogP contribution < -0.4 is 10.2 Å². The van der Waals surface area contributed by atoms with Crippen molar-refractivity contribution in [3.8, 4) is 0 Å². The highest BCUT2D eigenvalue weighted by molar-refractivity contribution is 7.10. The second-order valence-electron chi connectivity index (χ2n) is 9.11. The Morgan fingerprint density at radius 2 is 1.97 bits per heavy atom. The molecule has 1 aromatic carbocycles. The number of nitrogens with one attached hydrogen (secondary N) is 1. The lowest BCUT2D eigenvalue weighted by molar-refractivity contribution is -0.119. The molecule has 0 fully saturated rings. The first-order chi connectivity index (χ1) is 14.4. The van der Waals surface area contributed by atoms with E-state index in [1.165, 1.54) is 0 Å². The summed E-state index contributed by atoms with van der Waals surface area (Å²) in [7, 11) is 0. The van der Waals surface area contributed by atoms with Crippen LogP contribution in [0.4, 0.5) is 11.4 Å². The van der Waals surface area contributed by atoms with Gasteiger partial charge in [-0.1, -0.05) is 51.8 Å². The van der Waals surface area contributed by atoms with Gasteiger partial charge >= 0.3 is 0 Å². The van der Waals surface area contributed by atoms with Crippen LogP contribution in [0.3, 0.4) is 0 Å². The average Bonchev–Trinajstić information content (AvgIpc) is 3.17. The largest absolute Gasteiger partial charge is 0.357 e. The van der Waals surface area contributed by atoms with Crippen LogP contribution in [0.1, 0.15) is 70.2 Å². The molecule has 1 aliphatic heterocycles.